The normalized spacial score (nSPS) is 24.2. The Kier molecular flexibility index (Phi) is 7.05. The zero-order valence-corrected chi connectivity index (χ0v) is 22.5. The molecule has 1 heterocycles. The minimum atomic E-state index is -0.774. The summed E-state index contributed by atoms with van der Waals surface area (Å²) in [5.74, 6) is -2.52. The predicted molar refractivity (Wildman–Crippen MR) is 149 cm³/mol. The van der Waals surface area contributed by atoms with E-state index in [0.29, 0.717) is 5.69 Å². The predicted octanol–water partition coefficient (Wildman–Crippen LogP) is 3.89. The van der Waals surface area contributed by atoms with Crippen molar-refractivity contribution in [2.75, 3.05) is 11.5 Å². The second kappa shape index (κ2) is 10.8. The van der Waals surface area contributed by atoms with Crippen molar-refractivity contribution in [1.82, 2.24) is 10.9 Å². The molecule has 0 spiro atoms. The van der Waals surface area contributed by atoms with Crippen LogP contribution in [0.5, 0.6) is 0 Å². The van der Waals surface area contributed by atoms with Gasteiger partial charge in [0.1, 0.15) is 0 Å². The molecular weight excluding hydrogens is 546 g/mol. The maximum Gasteiger partial charge on any atom is 0.338 e. The SMILES string of the molecule is O=C(COC(=O)c1ccc(N2C(=O)[C@@H]3[C@@H]4C[C@@H]([C@H]3C2=O)[C@H](c2ccccc2)C4)cc1)NNC(=O)c1ccccc1Cl. The lowest BCUT2D eigenvalue weighted by Gasteiger charge is -2.28. The van der Waals surface area contributed by atoms with Gasteiger partial charge in [0, 0.05) is 0 Å². The number of anilines is 1. The molecule has 3 fully saturated rings. The Hall–Kier alpha value is -4.50. The molecule has 2 bridgehead atoms. The van der Waals surface area contributed by atoms with Crippen LogP contribution in [-0.4, -0.2) is 36.2 Å². The third-order valence-electron chi connectivity index (χ3n) is 8.37. The second-order valence-corrected chi connectivity index (χ2v) is 11.0. The van der Waals surface area contributed by atoms with Crippen molar-refractivity contribution in [1.29, 1.82) is 0 Å². The standard InChI is InChI=1S/C31H26ClN3O6/c32-24-9-5-4-8-21(24)28(37)34-33-25(36)16-41-31(40)18-10-12-20(13-11-18)35-29(38)26-19-14-22(17-6-2-1-3-7-17)23(15-19)27(26)30(35)39/h1-13,19,22-23,26-27H,14-16H2,(H,33,36)(H,34,37)/t19-,22-,23+,26+,27+/m0/s1. The van der Waals surface area contributed by atoms with Gasteiger partial charge in [-0.15, -0.1) is 0 Å². The van der Waals surface area contributed by atoms with E-state index < -0.39 is 24.4 Å². The van der Waals surface area contributed by atoms with Crippen molar-refractivity contribution in [2.24, 2.45) is 23.7 Å². The monoisotopic (exact) mass is 571 g/mol. The molecule has 2 N–H and O–H groups in total. The van der Waals surface area contributed by atoms with Crippen LogP contribution in [0.3, 0.4) is 0 Å². The van der Waals surface area contributed by atoms with Gasteiger partial charge in [0.25, 0.3) is 11.8 Å². The molecule has 0 radical (unpaired) electrons. The van der Waals surface area contributed by atoms with Crippen LogP contribution < -0.4 is 15.8 Å². The van der Waals surface area contributed by atoms with Gasteiger partial charge in [-0.1, -0.05) is 54.1 Å². The highest BCUT2D eigenvalue weighted by Crippen LogP contribution is 2.61. The molecule has 1 aliphatic heterocycles. The van der Waals surface area contributed by atoms with Gasteiger partial charge in [0.15, 0.2) is 6.61 Å². The Morgan fingerprint density at radius 2 is 1.51 bits per heavy atom. The van der Waals surface area contributed by atoms with Gasteiger partial charge in [-0.05, 0) is 72.6 Å². The topological polar surface area (TPSA) is 122 Å². The average Bonchev–Trinajstić information content (AvgIpc) is 3.66. The van der Waals surface area contributed by atoms with E-state index in [1.165, 1.54) is 46.9 Å². The fraction of sp³-hybridized carbons (Fsp3) is 0.258. The number of rotatable bonds is 6. The average molecular weight is 572 g/mol. The van der Waals surface area contributed by atoms with Gasteiger partial charge in [0.2, 0.25) is 11.8 Å². The zero-order chi connectivity index (χ0) is 28.7. The summed E-state index contributed by atoms with van der Waals surface area (Å²) in [4.78, 5) is 64.8. The fourth-order valence-corrected chi connectivity index (χ4v) is 6.86. The molecule has 4 amide bonds. The van der Waals surface area contributed by atoms with E-state index in [1.807, 2.05) is 18.2 Å². The fourth-order valence-electron chi connectivity index (χ4n) is 6.63. The number of carbonyl (C=O) groups excluding carboxylic acids is 5. The lowest BCUT2D eigenvalue weighted by Crippen LogP contribution is -2.43. The number of ether oxygens (including phenoxy) is 1. The number of fused-ring (bicyclic) bond motifs is 5. The van der Waals surface area contributed by atoms with Gasteiger partial charge in [-0.3, -0.25) is 34.9 Å². The van der Waals surface area contributed by atoms with E-state index >= 15 is 0 Å². The van der Waals surface area contributed by atoms with E-state index in [9.17, 15) is 24.0 Å². The Morgan fingerprint density at radius 1 is 0.829 bits per heavy atom. The first-order chi connectivity index (χ1) is 19.8. The summed E-state index contributed by atoms with van der Waals surface area (Å²) in [5.41, 5.74) is 6.31. The molecule has 3 aromatic rings. The molecule has 0 unspecified atom stereocenters. The van der Waals surface area contributed by atoms with Crippen LogP contribution >= 0.6 is 11.6 Å². The molecule has 3 aromatic carbocycles. The number of nitrogens with one attached hydrogen (secondary N) is 2. The summed E-state index contributed by atoms with van der Waals surface area (Å²) >= 11 is 5.96. The lowest BCUT2D eigenvalue weighted by molar-refractivity contribution is -0.125. The minimum Gasteiger partial charge on any atom is -0.452 e. The molecular formula is C31H26ClN3O6. The number of halogens is 1. The van der Waals surface area contributed by atoms with Crippen molar-refractivity contribution in [2.45, 2.75) is 18.8 Å². The summed E-state index contributed by atoms with van der Waals surface area (Å²) in [7, 11) is 0. The minimum absolute atomic E-state index is 0.142. The Balaban J connectivity index is 1.05. The molecule has 2 aliphatic carbocycles. The molecule has 2 saturated carbocycles. The van der Waals surface area contributed by atoms with Crippen LogP contribution in [0, 0.1) is 23.7 Å². The summed E-state index contributed by atoms with van der Waals surface area (Å²) in [6.45, 7) is -0.638. The molecule has 5 atom stereocenters. The van der Waals surface area contributed by atoms with E-state index in [-0.39, 0.29) is 57.6 Å². The van der Waals surface area contributed by atoms with Crippen molar-refractivity contribution >= 4 is 46.9 Å². The molecule has 208 valence electrons. The summed E-state index contributed by atoms with van der Waals surface area (Å²) in [6, 6.07) is 22.5. The second-order valence-electron chi connectivity index (χ2n) is 10.6. The first-order valence-electron chi connectivity index (χ1n) is 13.4. The van der Waals surface area contributed by atoms with Crippen LogP contribution in [-0.2, 0) is 19.1 Å². The summed E-state index contributed by atoms with van der Waals surface area (Å²) < 4.78 is 5.03. The quantitative estimate of drug-likeness (QED) is 0.263. The number of nitrogens with zero attached hydrogens (tertiary/aromatic N) is 1. The number of hydrogen-bond acceptors (Lipinski definition) is 6. The van der Waals surface area contributed by atoms with Crippen molar-refractivity contribution in [3.63, 3.8) is 0 Å². The maximum absolute atomic E-state index is 13.5. The number of benzene rings is 3. The van der Waals surface area contributed by atoms with Crippen LogP contribution in [0.4, 0.5) is 5.69 Å². The highest BCUT2D eigenvalue weighted by atomic mass is 35.5. The van der Waals surface area contributed by atoms with E-state index in [0.717, 1.165) is 12.8 Å². The number of hydrazine groups is 1. The molecule has 9 nitrogen and oxygen atoms in total. The van der Waals surface area contributed by atoms with Crippen molar-refractivity contribution < 1.29 is 28.7 Å². The van der Waals surface area contributed by atoms with E-state index in [1.54, 1.807) is 12.1 Å². The molecule has 41 heavy (non-hydrogen) atoms. The largest absolute Gasteiger partial charge is 0.452 e. The van der Waals surface area contributed by atoms with Gasteiger partial charge in [0.05, 0.1) is 33.7 Å². The number of imide groups is 1. The maximum atomic E-state index is 13.5. The Morgan fingerprint density at radius 3 is 2.24 bits per heavy atom. The van der Waals surface area contributed by atoms with Crippen LogP contribution in [0.2, 0.25) is 5.02 Å². The van der Waals surface area contributed by atoms with E-state index in [4.69, 9.17) is 16.3 Å². The van der Waals surface area contributed by atoms with Gasteiger partial charge in [-0.2, -0.15) is 0 Å². The van der Waals surface area contributed by atoms with Crippen LogP contribution in [0.15, 0.2) is 78.9 Å². The Bertz CT molecular complexity index is 1540. The summed E-state index contributed by atoms with van der Waals surface area (Å²) in [5, 5.41) is 0.221. The first-order valence-corrected chi connectivity index (χ1v) is 13.7. The molecule has 0 aromatic heterocycles. The first kappa shape index (κ1) is 26.7. The van der Waals surface area contributed by atoms with Gasteiger partial charge < -0.3 is 4.74 Å². The van der Waals surface area contributed by atoms with Crippen LogP contribution in [0.1, 0.15) is 45.0 Å². The third-order valence-corrected chi connectivity index (χ3v) is 8.70. The molecule has 10 heteroatoms. The van der Waals surface area contributed by atoms with Crippen molar-refractivity contribution in [3.8, 4) is 0 Å². The number of hydrogen-bond donors (Lipinski definition) is 2. The molecule has 3 aliphatic rings. The van der Waals surface area contributed by atoms with E-state index in [2.05, 4.69) is 23.0 Å². The third kappa shape index (κ3) is 4.86. The lowest BCUT2D eigenvalue weighted by atomic mass is 9.73. The van der Waals surface area contributed by atoms with Gasteiger partial charge in [-0.25, -0.2) is 4.79 Å². The summed E-state index contributed by atoms with van der Waals surface area (Å²) in [6.07, 6.45) is 1.80. The smallest absolute Gasteiger partial charge is 0.338 e. The number of esters is 1. The number of amides is 4. The Labute approximate surface area is 240 Å². The highest BCUT2D eigenvalue weighted by molar-refractivity contribution is 6.33. The van der Waals surface area contributed by atoms with Crippen molar-refractivity contribution in [3.05, 3.63) is 101 Å². The van der Waals surface area contributed by atoms with Crippen LogP contribution in [0.25, 0.3) is 0 Å². The van der Waals surface area contributed by atoms with Gasteiger partial charge >= 0.3 is 5.97 Å². The molecule has 1 saturated heterocycles. The molecule has 6 rings (SSSR count). The zero-order valence-electron chi connectivity index (χ0n) is 21.8. The number of carbonyl (C=O) groups is 5. The highest BCUT2D eigenvalue weighted by Gasteiger charge is 2.64.